The van der Waals surface area contributed by atoms with E-state index < -0.39 is 6.10 Å². The molecule has 3 atom stereocenters. The second-order valence-electron chi connectivity index (χ2n) is 3.88. The zero-order chi connectivity index (χ0) is 11.5. The van der Waals surface area contributed by atoms with Gasteiger partial charge in [-0.15, -0.1) is 0 Å². The Morgan fingerprint density at radius 1 is 1.56 bits per heavy atom. The topological polar surface area (TPSA) is 42.0 Å². The maximum absolute atomic E-state index is 9.71. The maximum Gasteiger partial charge on any atom is 0.117 e. The van der Waals surface area contributed by atoms with Crippen LogP contribution in [0.3, 0.4) is 0 Å². The molecule has 16 heavy (non-hydrogen) atoms. The van der Waals surface area contributed by atoms with E-state index in [1.807, 2.05) is 24.3 Å². The Kier molecular flexibility index (Phi) is 3.39. The molecule has 1 aliphatic rings. The number of methoxy groups -OCH3 is 1. The minimum absolute atomic E-state index is 0.0284. The summed E-state index contributed by atoms with van der Waals surface area (Å²) in [6, 6.07) is 7.91. The molecular weight excluding hydrogens is 204 g/mol. The molecule has 1 fully saturated rings. The molecule has 86 valence electrons. The number of epoxide rings is 1. The van der Waals surface area contributed by atoms with Gasteiger partial charge >= 0.3 is 0 Å². The number of hydrogen-bond donors (Lipinski definition) is 1. The van der Waals surface area contributed by atoms with E-state index in [4.69, 9.17) is 9.47 Å². The Labute approximate surface area is 95.3 Å². The predicted octanol–water partition coefficient (Wildman–Crippen LogP) is 1.78. The van der Waals surface area contributed by atoms with Gasteiger partial charge in [-0.25, -0.2) is 0 Å². The van der Waals surface area contributed by atoms with E-state index in [0.717, 1.165) is 11.1 Å². The summed E-state index contributed by atoms with van der Waals surface area (Å²) >= 11 is 0. The molecule has 1 heterocycles. The van der Waals surface area contributed by atoms with Crippen molar-refractivity contribution >= 4 is 6.08 Å². The average molecular weight is 220 g/mol. The first kappa shape index (κ1) is 11.3. The Hall–Kier alpha value is -1.16. The van der Waals surface area contributed by atoms with Gasteiger partial charge < -0.3 is 14.6 Å². The van der Waals surface area contributed by atoms with Crippen LogP contribution in [-0.2, 0) is 9.47 Å². The van der Waals surface area contributed by atoms with Crippen LogP contribution in [0, 0.1) is 0 Å². The van der Waals surface area contributed by atoms with Crippen LogP contribution in [0.15, 0.2) is 30.8 Å². The van der Waals surface area contributed by atoms with Crippen LogP contribution in [0.25, 0.3) is 6.08 Å². The lowest BCUT2D eigenvalue weighted by atomic mass is 10.0. The lowest BCUT2D eigenvalue weighted by Crippen LogP contribution is -2.21. The van der Waals surface area contributed by atoms with Crippen LogP contribution in [0.5, 0.6) is 0 Å². The molecule has 0 radical (unpaired) electrons. The van der Waals surface area contributed by atoms with Crippen molar-refractivity contribution in [1.82, 2.24) is 0 Å². The van der Waals surface area contributed by atoms with E-state index in [9.17, 15) is 5.11 Å². The van der Waals surface area contributed by atoms with Crippen molar-refractivity contribution in [2.24, 2.45) is 0 Å². The van der Waals surface area contributed by atoms with Crippen LogP contribution < -0.4 is 0 Å². The van der Waals surface area contributed by atoms with Crippen LogP contribution in [0.2, 0.25) is 0 Å². The lowest BCUT2D eigenvalue weighted by molar-refractivity contribution is 0.0456. The van der Waals surface area contributed by atoms with E-state index in [1.54, 1.807) is 13.2 Å². The van der Waals surface area contributed by atoms with Crippen molar-refractivity contribution in [1.29, 1.82) is 0 Å². The third-order valence-corrected chi connectivity index (χ3v) is 2.76. The average Bonchev–Trinajstić information content (AvgIpc) is 3.09. The zero-order valence-corrected chi connectivity index (χ0v) is 9.30. The number of benzene rings is 1. The van der Waals surface area contributed by atoms with Crippen LogP contribution in [0.4, 0.5) is 0 Å². The third-order valence-electron chi connectivity index (χ3n) is 2.76. The molecule has 0 saturated carbocycles. The monoisotopic (exact) mass is 220 g/mol. The van der Waals surface area contributed by atoms with Gasteiger partial charge in [0.2, 0.25) is 0 Å². The van der Waals surface area contributed by atoms with Crippen molar-refractivity contribution < 1.29 is 14.6 Å². The van der Waals surface area contributed by atoms with Crippen molar-refractivity contribution in [2.75, 3.05) is 13.7 Å². The summed E-state index contributed by atoms with van der Waals surface area (Å²) in [4.78, 5) is 0. The first-order chi connectivity index (χ1) is 7.77. The molecule has 0 amide bonds. The molecule has 0 aliphatic carbocycles. The molecule has 1 aliphatic heterocycles. The highest BCUT2D eigenvalue weighted by molar-refractivity contribution is 5.53. The first-order valence-corrected chi connectivity index (χ1v) is 5.31. The summed E-state index contributed by atoms with van der Waals surface area (Å²) in [5.41, 5.74) is 2.14. The van der Waals surface area contributed by atoms with Gasteiger partial charge in [-0.2, -0.15) is 0 Å². The minimum Gasteiger partial charge on any atom is -0.388 e. The zero-order valence-electron chi connectivity index (χ0n) is 9.30. The van der Waals surface area contributed by atoms with Crippen LogP contribution in [-0.4, -0.2) is 31.0 Å². The Balaban J connectivity index is 2.08. The minimum atomic E-state index is -0.562. The van der Waals surface area contributed by atoms with Gasteiger partial charge in [-0.05, 0) is 11.1 Å². The summed E-state index contributed by atoms with van der Waals surface area (Å²) in [5, 5.41) is 9.71. The van der Waals surface area contributed by atoms with Crippen LogP contribution in [0.1, 0.15) is 17.2 Å². The number of hydrogen-bond acceptors (Lipinski definition) is 3. The number of aliphatic hydroxyl groups is 1. The van der Waals surface area contributed by atoms with Gasteiger partial charge in [0.15, 0.2) is 0 Å². The molecule has 2 rings (SSSR count). The third kappa shape index (κ3) is 2.16. The Bertz CT molecular complexity index is 375. The quantitative estimate of drug-likeness (QED) is 0.769. The second kappa shape index (κ2) is 4.78. The molecule has 0 aromatic heterocycles. The van der Waals surface area contributed by atoms with Crippen LogP contribution >= 0.6 is 0 Å². The van der Waals surface area contributed by atoms with E-state index >= 15 is 0 Å². The maximum atomic E-state index is 9.71. The number of ether oxygens (including phenoxy) is 2. The fraction of sp³-hybridized carbons (Fsp3) is 0.385. The largest absolute Gasteiger partial charge is 0.388 e. The summed E-state index contributed by atoms with van der Waals surface area (Å²) in [6.45, 7) is 4.07. The molecule has 0 spiro atoms. The first-order valence-electron chi connectivity index (χ1n) is 5.31. The van der Waals surface area contributed by atoms with Gasteiger partial charge in [-0.3, -0.25) is 0 Å². The summed E-state index contributed by atoms with van der Waals surface area (Å²) in [5.74, 6) is 0. The highest BCUT2D eigenvalue weighted by Gasteiger charge is 2.45. The van der Waals surface area contributed by atoms with Gasteiger partial charge in [0.05, 0.1) is 6.61 Å². The van der Waals surface area contributed by atoms with Crippen molar-refractivity contribution in [3.63, 3.8) is 0 Å². The van der Waals surface area contributed by atoms with Gasteiger partial charge in [0, 0.05) is 7.11 Å². The molecule has 1 N–H and O–H groups in total. The number of aliphatic hydroxyl groups excluding tert-OH is 1. The molecular formula is C13H16O3. The van der Waals surface area contributed by atoms with Gasteiger partial charge in [0.25, 0.3) is 0 Å². The fourth-order valence-corrected chi connectivity index (χ4v) is 1.89. The molecule has 3 unspecified atom stereocenters. The summed E-state index contributed by atoms with van der Waals surface area (Å²) < 4.78 is 10.4. The standard InChI is InChI=1S/C13H16O3/c1-3-9-6-4-5-7-10(9)12-13(16-12)11(14)8-15-2/h3-7,11-14H,1,8H2,2H3. The number of rotatable bonds is 5. The van der Waals surface area contributed by atoms with E-state index in [0.29, 0.717) is 6.61 Å². The molecule has 0 bridgehead atoms. The smallest absolute Gasteiger partial charge is 0.117 e. The summed E-state index contributed by atoms with van der Waals surface area (Å²) in [7, 11) is 1.57. The van der Waals surface area contributed by atoms with Crippen molar-refractivity contribution in [3.8, 4) is 0 Å². The van der Waals surface area contributed by atoms with E-state index in [1.165, 1.54) is 0 Å². The van der Waals surface area contributed by atoms with E-state index in [-0.39, 0.29) is 12.2 Å². The second-order valence-corrected chi connectivity index (χ2v) is 3.88. The molecule has 1 aromatic rings. The van der Waals surface area contributed by atoms with Gasteiger partial charge in [0.1, 0.15) is 18.3 Å². The van der Waals surface area contributed by atoms with Gasteiger partial charge in [-0.1, -0.05) is 36.9 Å². The SMILES string of the molecule is C=Cc1ccccc1C1OC1C(O)COC. The summed E-state index contributed by atoms with van der Waals surface area (Å²) in [6.07, 6.45) is 1.06. The molecule has 1 saturated heterocycles. The van der Waals surface area contributed by atoms with E-state index in [2.05, 4.69) is 6.58 Å². The molecule has 3 heteroatoms. The fourth-order valence-electron chi connectivity index (χ4n) is 1.89. The van der Waals surface area contributed by atoms with Crippen molar-refractivity contribution in [2.45, 2.75) is 18.3 Å². The lowest BCUT2D eigenvalue weighted by Gasteiger charge is -2.06. The Morgan fingerprint density at radius 3 is 3.00 bits per heavy atom. The Morgan fingerprint density at radius 2 is 2.31 bits per heavy atom. The highest BCUT2D eigenvalue weighted by atomic mass is 16.6. The van der Waals surface area contributed by atoms with Crippen molar-refractivity contribution in [3.05, 3.63) is 42.0 Å². The molecule has 1 aromatic carbocycles. The highest BCUT2D eigenvalue weighted by Crippen LogP contribution is 2.42. The predicted molar refractivity (Wildman–Crippen MR) is 62.0 cm³/mol. The molecule has 3 nitrogen and oxygen atoms in total. The normalized spacial score (nSPS) is 25.1.